The quantitative estimate of drug-likeness (QED) is 0.175. The van der Waals surface area contributed by atoms with E-state index in [0.29, 0.717) is 11.5 Å². The Kier molecular flexibility index (Phi) is 6.25. The van der Waals surface area contributed by atoms with Crippen molar-refractivity contribution >= 4 is 53.4 Å². The molecule has 61 heavy (non-hydrogen) atoms. The summed E-state index contributed by atoms with van der Waals surface area (Å²) >= 11 is 0. The van der Waals surface area contributed by atoms with Gasteiger partial charge in [-0.15, -0.1) is 0 Å². The molecule has 11 aromatic rings. The highest BCUT2D eigenvalue weighted by molar-refractivity contribution is 7.91. The van der Waals surface area contributed by atoms with E-state index in [-0.39, 0.29) is 9.79 Å². The average molecular weight is 802 g/mol. The minimum absolute atomic E-state index is 0.142. The second-order valence-corrected chi connectivity index (χ2v) is 18.1. The van der Waals surface area contributed by atoms with Gasteiger partial charge < -0.3 is 13.9 Å². The number of rotatable bonds is 2. The highest BCUT2D eigenvalue weighted by Gasteiger charge is 2.51. The van der Waals surface area contributed by atoms with Gasteiger partial charge in [-0.3, -0.25) is 4.98 Å². The summed E-state index contributed by atoms with van der Waals surface area (Å²) in [5.41, 5.74) is 13.1. The van der Waals surface area contributed by atoms with Gasteiger partial charge >= 0.3 is 0 Å². The smallest absolute Gasteiger partial charge is 0.213 e. The van der Waals surface area contributed by atoms with E-state index in [1.54, 1.807) is 24.3 Å². The van der Waals surface area contributed by atoms with Gasteiger partial charge in [0.25, 0.3) is 0 Å². The van der Waals surface area contributed by atoms with Gasteiger partial charge in [0.05, 0.1) is 27.8 Å². The monoisotopic (exact) mass is 801 g/mol. The van der Waals surface area contributed by atoms with E-state index in [9.17, 15) is 8.42 Å². The first-order valence-corrected chi connectivity index (χ1v) is 21.9. The molecular formula is C54H31N3O3S. The van der Waals surface area contributed by atoms with E-state index in [4.69, 9.17) is 9.72 Å². The molecule has 1 aliphatic heterocycles. The van der Waals surface area contributed by atoms with Gasteiger partial charge in [0.15, 0.2) is 5.66 Å². The molecule has 0 unspecified atom stereocenters. The summed E-state index contributed by atoms with van der Waals surface area (Å²) in [5.74, 6) is 0.612. The maximum atomic E-state index is 14.6. The molecule has 0 amide bonds. The predicted octanol–water partition coefficient (Wildman–Crippen LogP) is 12.8. The Labute approximate surface area is 350 Å². The van der Waals surface area contributed by atoms with Crippen molar-refractivity contribution in [2.75, 3.05) is 0 Å². The molecule has 3 aromatic heterocycles. The summed E-state index contributed by atoms with van der Waals surface area (Å²) in [5, 5.41) is 4.67. The first kappa shape index (κ1) is 33.1. The predicted molar refractivity (Wildman–Crippen MR) is 242 cm³/mol. The van der Waals surface area contributed by atoms with Gasteiger partial charge in [0, 0.05) is 50.0 Å². The molecule has 0 bridgehead atoms. The van der Waals surface area contributed by atoms with Crippen LogP contribution in [0.5, 0.6) is 11.5 Å². The number of sulfone groups is 1. The number of para-hydroxylation sites is 5. The molecule has 0 saturated carbocycles. The van der Waals surface area contributed by atoms with Crippen LogP contribution in [0.25, 0.3) is 88.2 Å². The SMILES string of the molecule is O=S1(=O)c2ccccc2Oc2cc3c(cc21)-c1cccc2c1-c1c(cccc1C2(n1c2ccccc2c2ccccc21)n1c2ccccc2c2ccccc21)-c1cccnc1-3. The number of hydrogen-bond donors (Lipinski definition) is 0. The van der Waals surface area contributed by atoms with Crippen molar-refractivity contribution in [1.82, 2.24) is 14.1 Å². The van der Waals surface area contributed by atoms with Crippen LogP contribution in [0.4, 0.5) is 0 Å². The van der Waals surface area contributed by atoms with E-state index < -0.39 is 15.5 Å². The lowest BCUT2D eigenvalue weighted by Gasteiger charge is -2.39. The fourth-order valence-electron chi connectivity index (χ4n) is 11.0. The van der Waals surface area contributed by atoms with Crippen LogP contribution in [-0.4, -0.2) is 22.5 Å². The number of fused-ring (bicyclic) bond motifs is 13. The molecule has 0 fully saturated rings. The zero-order valence-corrected chi connectivity index (χ0v) is 33.2. The number of benzene rings is 8. The van der Waals surface area contributed by atoms with Crippen LogP contribution in [0.2, 0.25) is 0 Å². The van der Waals surface area contributed by atoms with Crippen molar-refractivity contribution in [2.45, 2.75) is 15.5 Å². The van der Waals surface area contributed by atoms with Gasteiger partial charge in [0.1, 0.15) is 21.3 Å². The van der Waals surface area contributed by atoms with Gasteiger partial charge in [-0.05, 0) is 82.4 Å². The second-order valence-electron chi connectivity index (χ2n) is 16.2. The van der Waals surface area contributed by atoms with Gasteiger partial charge in [-0.2, -0.15) is 0 Å². The Morgan fingerprint density at radius 2 is 0.918 bits per heavy atom. The third-order valence-corrected chi connectivity index (χ3v) is 15.1. The third kappa shape index (κ3) is 3.97. The number of pyridine rings is 1. The van der Waals surface area contributed by atoms with Crippen LogP contribution >= 0.6 is 0 Å². The molecule has 0 N–H and O–H groups in total. The average Bonchev–Trinajstić information content (AvgIpc) is 3.93. The van der Waals surface area contributed by atoms with Gasteiger partial charge in [-0.25, -0.2) is 8.42 Å². The molecule has 7 heteroatoms. The number of aromatic nitrogens is 3. The van der Waals surface area contributed by atoms with E-state index in [0.717, 1.165) is 77.8 Å². The lowest BCUT2D eigenvalue weighted by atomic mass is 9.83. The van der Waals surface area contributed by atoms with E-state index >= 15 is 0 Å². The maximum Gasteiger partial charge on any atom is 0.213 e. The molecule has 4 heterocycles. The van der Waals surface area contributed by atoms with Crippen LogP contribution in [-0.2, 0) is 15.5 Å². The first-order chi connectivity index (χ1) is 30.0. The number of nitrogens with zero attached hydrogens (tertiary/aromatic N) is 3. The molecule has 3 aliphatic rings. The van der Waals surface area contributed by atoms with Crippen molar-refractivity contribution in [2.24, 2.45) is 0 Å². The lowest BCUT2D eigenvalue weighted by molar-refractivity contribution is 0.416. The summed E-state index contributed by atoms with van der Waals surface area (Å²) in [6.45, 7) is 0. The Morgan fingerprint density at radius 3 is 1.49 bits per heavy atom. The summed E-state index contributed by atoms with van der Waals surface area (Å²) in [7, 11) is -3.94. The molecule has 0 atom stereocenters. The lowest BCUT2D eigenvalue weighted by Crippen LogP contribution is -2.41. The van der Waals surface area contributed by atoms with Crippen molar-refractivity contribution in [3.63, 3.8) is 0 Å². The molecule has 14 rings (SSSR count). The van der Waals surface area contributed by atoms with Crippen LogP contribution in [0.15, 0.2) is 198 Å². The summed E-state index contributed by atoms with van der Waals surface area (Å²) in [6.07, 6.45) is 1.82. The Hall–Kier alpha value is -7.74. The maximum absolute atomic E-state index is 14.6. The number of hydrogen-bond acceptors (Lipinski definition) is 4. The third-order valence-electron chi connectivity index (χ3n) is 13.3. The summed E-state index contributed by atoms with van der Waals surface area (Å²) < 4.78 is 40.7. The zero-order valence-electron chi connectivity index (χ0n) is 32.4. The molecule has 8 aromatic carbocycles. The normalized spacial score (nSPS) is 14.8. The Balaban J connectivity index is 1.23. The van der Waals surface area contributed by atoms with Crippen LogP contribution < -0.4 is 4.74 Å². The summed E-state index contributed by atoms with van der Waals surface area (Å²) in [6, 6.07) is 63.0. The molecular weight excluding hydrogens is 771 g/mol. The van der Waals surface area contributed by atoms with E-state index in [1.807, 2.05) is 24.4 Å². The minimum atomic E-state index is -3.94. The second kappa shape index (κ2) is 11.5. The van der Waals surface area contributed by atoms with Crippen molar-refractivity contribution in [3.05, 3.63) is 199 Å². The van der Waals surface area contributed by atoms with Crippen LogP contribution in [0.3, 0.4) is 0 Å². The zero-order chi connectivity index (χ0) is 40.2. The van der Waals surface area contributed by atoms with Crippen molar-refractivity contribution in [1.29, 1.82) is 0 Å². The minimum Gasteiger partial charge on any atom is -0.455 e. The molecule has 286 valence electrons. The molecule has 0 saturated heterocycles. The standard InChI is InChI=1S/C54H31N3O3S/c58-61(59)49-28-10-9-27-47(49)60-48-30-40-39(31-50(48)61)37-19-12-22-42-52(37)51-36(38-20-13-29-55-53(38)40)18-11-21-41(51)54(42,56-43-23-5-1-14-32(43)33-15-2-6-24-44(33)56)57-45-25-7-3-16-34(45)35-17-4-8-26-46(35)57/h1-31H. The molecule has 6 nitrogen and oxygen atoms in total. The topological polar surface area (TPSA) is 66.1 Å². The largest absolute Gasteiger partial charge is 0.455 e. The highest BCUT2D eigenvalue weighted by atomic mass is 32.2. The molecule has 2 aliphatic carbocycles. The van der Waals surface area contributed by atoms with E-state index in [2.05, 4.69) is 149 Å². The Bertz CT molecular complexity index is 3680. The highest BCUT2D eigenvalue weighted by Crippen LogP contribution is 2.62. The number of ether oxygens (including phenoxy) is 1. The van der Waals surface area contributed by atoms with Crippen LogP contribution in [0, 0.1) is 0 Å². The van der Waals surface area contributed by atoms with E-state index in [1.165, 1.54) is 21.5 Å². The van der Waals surface area contributed by atoms with Crippen molar-refractivity contribution in [3.8, 4) is 56.1 Å². The fraction of sp³-hybridized carbons (Fsp3) is 0.0185. The first-order valence-electron chi connectivity index (χ1n) is 20.5. The summed E-state index contributed by atoms with van der Waals surface area (Å²) in [4.78, 5) is 5.40. The van der Waals surface area contributed by atoms with Gasteiger partial charge in [-0.1, -0.05) is 127 Å². The Morgan fingerprint density at radius 1 is 0.426 bits per heavy atom. The van der Waals surface area contributed by atoms with Crippen molar-refractivity contribution < 1.29 is 13.2 Å². The van der Waals surface area contributed by atoms with Crippen LogP contribution in [0.1, 0.15) is 11.1 Å². The van der Waals surface area contributed by atoms with Gasteiger partial charge in [0.2, 0.25) is 9.84 Å². The molecule has 0 spiro atoms. The molecule has 0 radical (unpaired) electrons. The fourth-order valence-corrected chi connectivity index (χ4v) is 12.5.